The molecule has 0 unspecified atom stereocenters. The van der Waals surface area contributed by atoms with Crippen LogP contribution in [0.1, 0.15) is 27.6 Å². The number of ketones is 1. The van der Waals surface area contributed by atoms with Crippen molar-refractivity contribution in [1.29, 1.82) is 0 Å². The summed E-state index contributed by atoms with van der Waals surface area (Å²) in [5, 5.41) is 3.75. The van der Waals surface area contributed by atoms with Gasteiger partial charge in [-0.3, -0.25) is 4.79 Å². The predicted octanol–water partition coefficient (Wildman–Crippen LogP) is 3.19. The van der Waals surface area contributed by atoms with Crippen LogP contribution in [0, 0.1) is 6.92 Å². The molecule has 0 aliphatic rings. The van der Waals surface area contributed by atoms with Crippen molar-refractivity contribution in [2.75, 3.05) is 0 Å². The molecule has 0 spiro atoms. The van der Waals surface area contributed by atoms with Crippen molar-refractivity contribution in [2.24, 2.45) is 0 Å². The number of aryl methyl sites for hydroxylation is 1. The summed E-state index contributed by atoms with van der Waals surface area (Å²) in [6.45, 7) is 1.95. The summed E-state index contributed by atoms with van der Waals surface area (Å²) < 4.78 is 10.4. The first-order valence-electron chi connectivity index (χ1n) is 6.84. The van der Waals surface area contributed by atoms with Gasteiger partial charge in [0.1, 0.15) is 5.75 Å². The first kappa shape index (κ1) is 14.0. The standard InChI is InChI=1S/C17H14N2O3/c1-12-18-16(19-22-12)11-21-15-9-7-14(8-10-15)17(20)13-5-3-2-4-6-13/h2-10H,11H2,1H3. The summed E-state index contributed by atoms with van der Waals surface area (Å²) in [6, 6.07) is 16.2. The Balaban J connectivity index is 1.66. The fourth-order valence-corrected chi connectivity index (χ4v) is 2.01. The van der Waals surface area contributed by atoms with Gasteiger partial charge in [0.25, 0.3) is 0 Å². The molecule has 0 aliphatic heterocycles. The third kappa shape index (κ3) is 3.20. The van der Waals surface area contributed by atoms with Gasteiger partial charge in [0.05, 0.1) is 0 Å². The summed E-state index contributed by atoms with van der Waals surface area (Å²) in [5.74, 6) is 1.62. The normalized spacial score (nSPS) is 10.4. The van der Waals surface area contributed by atoms with Crippen molar-refractivity contribution in [1.82, 2.24) is 10.1 Å². The van der Waals surface area contributed by atoms with Crippen LogP contribution in [0.3, 0.4) is 0 Å². The van der Waals surface area contributed by atoms with E-state index in [0.29, 0.717) is 28.6 Å². The number of benzene rings is 2. The summed E-state index contributed by atoms with van der Waals surface area (Å²) in [4.78, 5) is 16.3. The molecule has 0 saturated carbocycles. The van der Waals surface area contributed by atoms with Crippen LogP contribution >= 0.6 is 0 Å². The van der Waals surface area contributed by atoms with Gasteiger partial charge < -0.3 is 9.26 Å². The van der Waals surface area contributed by atoms with Crippen molar-refractivity contribution in [2.45, 2.75) is 13.5 Å². The molecule has 110 valence electrons. The third-order valence-electron chi connectivity index (χ3n) is 3.09. The Kier molecular flexibility index (Phi) is 3.96. The minimum absolute atomic E-state index is 0.0130. The Hall–Kier alpha value is -2.95. The van der Waals surface area contributed by atoms with Gasteiger partial charge in [-0.2, -0.15) is 4.98 Å². The smallest absolute Gasteiger partial charge is 0.223 e. The number of hydrogen-bond donors (Lipinski definition) is 0. The monoisotopic (exact) mass is 294 g/mol. The molecule has 1 aromatic heterocycles. The average Bonchev–Trinajstić information content (AvgIpc) is 2.99. The molecule has 5 nitrogen and oxygen atoms in total. The molecular weight excluding hydrogens is 280 g/mol. The van der Waals surface area contributed by atoms with E-state index in [4.69, 9.17) is 9.26 Å². The highest BCUT2D eigenvalue weighted by molar-refractivity contribution is 6.08. The maximum absolute atomic E-state index is 12.3. The zero-order valence-electron chi connectivity index (χ0n) is 12.0. The summed E-state index contributed by atoms with van der Waals surface area (Å²) in [6.07, 6.45) is 0. The second-order valence-corrected chi connectivity index (χ2v) is 4.74. The Bertz CT molecular complexity index is 764. The fraction of sp³-hybridized carbons (Fsp3) is 0.118. The quantitative estimate of drug-likeness (QED) is 0.676. The Morgan fingerprint density at radius 3 is 2.36 bits per heavy atom. The number of aromatic nitrogens is 2. The van der Waals surface area contributed by atoms with Gasteiger partial charge >= 0.3 is 0 Å². The second-order valence-electron chi connectivity index (χ2n) is 4.74. The molecule has 0 fully saturated rings. The average molecular weight is 294 g/mol. The maximum Gasteiger partial charge on any atom is 0.223 e. The van der Waals surface area contributed by atoms with Crippen LogP contribution in [0.15, 0.2) is 59.1 Å². The number of carbonyl (C=O) groups is 1. The molecule has 0 bridgehead atoms. The summed E-state index contributed by atoms with van der Waals surface area (Å²) in [5.41, 5.74) is 1.28. The van der Waals surface area contributed by atoms with Crippen molar-refractivity contribution >= 4 is 5.78 Å². The van der Waals surface area contributed by atoms with E-state index in [0.717, 1.165) is 0 Å². The molecule has 0 amide bonds. The fourth-order valence-electron chi connectivity index (χ4n) is 2.01. The maximum atomic E-state index is 12.3. The van der Waals surface area contributed by atoms with Gasteiger partial charge in [-0.05, 0) is 24.3 Å². The molecule has 0 saturated heterocycles. The van der Waals surface area contributed by atoms with Gasteiger partial charge in [-0.15, -0.1) is 0 Å². The third-order valence-corrected chi connectivity index (χ3v) is 3.09. The Morgan fingerprint density at radius 1 is 1.05 bits per heavy atom. The molecule has 22 heavy (non-hydrogen) atoms. The van der Waals surface area contributed by atoms with E-state index in [1.165, 1.54) is 0 Å². The van der Waals surface area contributed by atoms with E-state index >= 15 is 0 Å². The first-order valence-corrected chi connectivity index (χ1v) is 6.84. The summed E-state index contributed by atoms with van der Waals surface area (Å²) >= 11 is 0. The van der Waals surface area contributed by atoms with Crippen molar-refractivity contribution in [3.63, 3.8) is 0 Å². The van der Waals surface area contributed by atoms with Crippen LogP contribution in [-0.4, -0.2) is 15.9 Å². The number of ether oxygens (including phenoxy) is 1. The zero-order chi connectivity index (χ0) is 15.4. The second kappa shape index (κ2) is 6.22. The molecule has 3 aromatic rings. The number of rotatable bonds is 5. The lowest BCUT2D eigenvalue weighted by atomic mass is 10.0. The highest BCUT2D eigenvalue weighted by atomic mass is 16.5. The van der Waals surface area contributed by atoms with E-state index in [2.05, 4.69) is 10.1 Å². The lowest BCUT2D eigenvalue weighted by Crippen LogP contribution is -2.01. The van der Waals surface area contributed by atoms with Crippen LogP contribution in [-0.2, 0) is 6.61 Å². The zero-order valence-corrected chi connectivity index (χ0v) is 12.0. The van der Waals surface area contributed by atoms with Gasteiger partial charge in [0.2, 0.25) is 11.7 Å². The number of nitrogens with zero attached hydrogens (tertiary/aromatic N) is 2. The molecule has 1 heterocycles. The highest BCUT2D eigenvalue weighted by Gasteiger charge is 2.09. The molecule has 5 heteroatoms. The van der Waals surface area contributed by atoms with Crippen LogP contribution < -0.4 is 4.74 Å². The van der Waals surface area contributed by atoms with Crippen molar-refractivity contribution in [3.05, 3.63) is 77.4 Å². The number of hydrogen-bond acceptors (Lipinski definition) is 5. The predicted molar refractivity (Wildman–Crippen MR) is 79.7 cm³/mol. The van der Waals surface area contributed by atoms with E-state index in [9.17, 15) is 4.79 Å². The Labute approximate surface area is 127 Å². The van der Waals surface area contributed by atoms with Crippen molar-refractivity contribution < 1.29 is 14.1 Å². The largest absolute Gasteiger partial charge is 0.485 e. The van der Waals surface area contributed by atoms with Gasteiger partial charge in [0.15, 0.2) is 12.4 Å². The van der Waals surface area contributed by atoms with Crippen molar-refractivity contribution in [3.8, 4) is 5.75 Å². The van der Waals surface area contributed by atoms with Crippen LogP contribution in [0.5, 0.6) is 5.75 Å². The van der Waals surface area contributed by atoms with Gasteiger partial charge in [-0.25, -0.2) is 0 Å². The molecule has 3 rings (SSSR count). The summed E-state index contributed by atoms with van der Waals surface area (Å²) in [7, 11) is 0. The van der Waals surface area contributed by atoms with E-state index in [-0.39, 0.29) is 12.4 Å². The van der Waals surface area contributed by atoms with E-state index < -0.39 is 0 Å². The van der Waals surface area contributed by atoms with Gasteiger partial charge in [-0.1, -0.05) is 35.5 Å². The lowest BCUT2D eigenvalue weighted by Gasteiger charge is -2.05. The van der Waals surface area contributed by atoms with E-state index in [1.54, 1.807) is 43.3 Å². The van der Waals surface area contributed by atoms with Gasteiger partial charge in [0, 0.05) is 18.1 Å². The SMILES string of the molecule is Cc1nc(COc2ccc(C(=O)c3ccccc3)cc2)no1. The van der Waals surface area contributed by atoms with Crippen LogP contribution in [0.2, 0.25) is 0 Å². The topological polar surface area (TPSA) is 65.2 Å². The van der Waals surface area contributed by atoms with Crippen LogP contribution in [0.4, 0.5) is 0 Å². The van der Waals surface area contributed by atoms with E-state index in [1.807, 2.05) is 18.2 Å². The Morgan fingerprint density at radius 2 is 1.73 bits per heavy atom. The highest BCUT2D eigenvalue weighted by Crippen LogP contribution is 2.16. The number of carbonyl (C=O) groups excluding carboxylic acids is 1. The molecule has 0 aliphatic carbocycles. The lowest BCUT2D eigenvalue weighted by molar-refractivity contribution is 0.103. The molecule has 0 N–H and O–H groups in total. The minimum atomic E-state index is -0.0130. The molecular formula is C17H14N2O3. The minimum Gasteiger partial charge on any atom is -0.485 e. The molecule has 2 aromatic carbocycles. The first-order chi connectivity index (χ1) is 10.7. The molecule has 0 radical (unpaired) electrons. The van der Waals surface area contributed by atoms with Crippen LogP contribution in [0.25, 0.3) is 0 Å². The molecule has 0 atom stereocenters.